The molecule has 0 saturated heterocycles. The lowest BCUT2D eigenvalue weighted by Gasteiger charge is -2.33. The van der Waals surface area contributed by atoms with Crippen LogP contribution in [0.2, 0.25) is 0 Å². The number of nitrogens with zero attached hydrogens (tertiary/aromatic N) is 1. The van der Waals surface area contributed by atoms with Gasteiger partial charge in [-0.05, 0) is 33.6 Å². The standard InChI is InChI=1S/C14H23NO2S/c1-4-17-14(7-5-6-8-14)12(16)9-13-15-10(2)11(3)18-13/h12,16H,4-9H2,1-3H3. The molecule has 3 nitrogen and oxygen atoms in total. The molecule has 1 aliphatic carbocycles. The number of hydrogen-bond donors (Lipinski definition) is 1. The maximum Gasteiger partial charge on any atom is 0.0957 e. The molecule has 1 atom stereocenters. The summed E-state index contributed by atoms with van der Waals surface area (Å²) in [6.07, 6.45) is 4.47. The van der Waals surface area contributed by atoms with Crippen LogP contribution in [-0.2, 0) is 11.2 Å². The summed E-state index contributed by atoms with van der Waals surface area (Å²) in [5.41, 5.74) is 0.765. The lowest BCUT2D eigenvalue weighted by molar-refractivity contribution is -0.115. The van der Waals surface area contributed by atoms with Crippen LogP contribution in [0.4, 0.5) is 0 Å². The zero-order valence-electron chi connectivity index (χ0n) is 11.5. The predicted octanol–water partition coefficient (Wildman–Crippen LogP) is 3.01. The van der Waals surface area contributed by atoms with E-state index < -0.39 is 6.10 Å². The van der Waals surface area contributed by atoms with Crippen molar-refractivity contribution >= 4 is 11.3 Å². The van der Waals surface area contributed by atoms with Crippen LogP contribution >= 0.6 is 11.3 Å². The van der Waals surface area contributed by atoms with Crippen molar-refractivity contribution in [3.8, 4) is 0 Å². The van der Waals surface area contributed by atoms with E-state index in [1.54, 1.807) is 11.3 Å². The van der Waals surface area contributed by atoms with Crippen molar-refractivity contribution in [1.29, 1.82) is 0 Å². The predicted molar refractivity (Wildman–Crippen MR) is 74.1 cm³/mol. The molecule has 1 N–H and O–H groups in total. The summed E-state index contributed by atoms with van der Waals surface area (Å²) in [4.78, 5) is 5.76. The van der Waals surface area contributed by atoms with E-state index in [2.05, 4.69) is 11.9 Å². The summed E-state index contributed by atoms with van der Waals surface area (Å²) >= 11 is 1.69. The molecule has 0 spiro atoms. The Hall–Kier alpha value is -0.450. The van der Waals surface area contributed by atoms with Crippen molar-refractivity contribution in [3.63, 3.8) is 0 Å². The molecule has 0 aliphatic heterocycles. The molecule has 1 aromatic heterocycles. The van der Waals surface area contributed by atoms with E-state index in [0.717, 1.165) is 36.4 Å². The zero-order chi connectivity index (χ0) is 13.2. The van der Waals surface area contributed by atoms with E-state index >= 15 is 0 Å². The molecule has 0 radical (unpaired) electrons. The van der Waals surface area contributed by atoms with Crippen LogP contribution in [0.5, 0.6) is 0 Å². The molecule has 102 valence electrons. The second kappa shape index (κ2) is 5.68. The fourth-order valence-electron chi connectivity index (χ4n) is 2.81. The van der Waals surface area contributed by atoms with Crippen molar-refractivity contribution in [2.75, 3.05) is 6.61 Å². The summed E-state index contributed by atoms with van der Waals surface area (Å²) in [5.74, 6) is 0. The molecule has 18 heavy (non-hydrogen) atoms. The molecule has 2 rings (SSSR count). The SMILES string of the molecule is CCOC1(C(O)Cc2nc(C)c(C)s2)CCCC1. The van der Waals surface area contributed by atoms with Crippen LogP contribution in [0.15, 0.2) is 0 Å². The Morgan fingerprint density at radius 1 is 1.39 bits per heavy atom. The molecule has 0 amide bonds. The third-order valence-corrected chi connectivity index (χ3v) is 5.02. The van der Waals surface area contributed by atoms with Crippen LogP contribution in [0.25, 0.3) is 0 Å². The van der Waals surface area contributed by atoms with E-state index in [9.17, 15) is 5.11 Å². The lowest BCUT2D eigenvalue weighted by atomic mass is 9.92. The van der Waals surface area contributed by atoms with E-state index in [1.807, 2.05) is 13.8 Å². The Morgan fingerprint density at radius 2 is 2.06 bits per heavy atom. The van der Waals surface area contributed by atoms with Gasteiger partial charge >= 0.3 is 0 Å². The van der Waals surface area contributed by atoms with Gasteiger partial charge in [0.2, 0.25) is 0 Å². The van der Waals surface area contributed by atoms with Gasteiger partial charge < -0.3 is 9.84 Å². The fraction of sp³-hybridized carbons (Fsp3) is 0.786. The molecule has 1 aliphatic rings. The summed E-state index contributed by atoms with van der Waals surface area (Å²) in [7, 11) is 0. The first-order valence-corrected chi connectivity index (χ1v) is 7.64. The lowest BCUT2D eigenvalue weighted by Crippen LogP contribution is -2.43. The molecule has 4 heteroatoms. The second-order valence-electron chi connectivity index (χ2n) is 5.17. The zero-order valence-corrected chi connectivity index (χ0v) is 12.3. The number of aromatic nitrogens is 1. The van der Waals surface area contributed by atoms with Crippen LogP contribution in [-0.4, -0.2) is 28.4 Å². The van der Waals surface area contributed by atoms with Crippen LogP contribution < -0.4 is 0 Å². The third-order valence-electron chi connectivity index (χ3n) is 3.93. The van der Waals surface area contributed by atoms with Gasteiger partial charge in [0.1, 0.15) is 0 Å². The van der Waals surface area contributed by atoms with Crippen molar-refractivity contribution < 1.29 is 9.84 Å². The largest absolute Gasteiger partial charge is 0.390 e. The highest BCUT2D eigenvalue weighted by atomic mass is 32.1. The van der Waals surface area contributed by atoms with Gasteiger partial charge in [-0.25, -0.2) is 4.98 Å². The Balaban J connectivity index is 2.07. The molecule has 0 aromatic carbocycles. The molecule has 1 aromatic rings. The van der Waals surface area contributed by atoms with Gasteiger partial charge in [0, 0.05) is 17.9 Å². The van der Waals surface area contributed by atoms with Crippen molar-refractivity contribution in [2.24, 2.45) is 0 Å². The van der Waals surface area contributed by atoms with Gasteiger partial charge in [-0.3, -0.25) is 0 Å². The Morgan fingerprint density at radius 3 is 2.56 bits per heavy atom. The molecule has 1 fully saturated rings. The molecule has 1 saturated carbocycles. The number of aliphatic hydroxyl groups excluding tert-OH is 1. The van der Waals surface area contributed by atoms with Crippen LogP contribution in [0.1, 0.15) is 48.2 Å². The highest BCUT2D eigenvalue weighted by Crippen LogP contribution is 2.37. The van der Waals surface area contributed by atoms with Crippen molar-refractivity contribution in [3.05, 3.63) is 15.6 Å². The van der Waals surface area contributed by atoms with Gasteiger partial charge in [-0.2, -0.15) is 0 Å². The average Bonchev–Trinajstić information content (AvgIpc) is 2.89. The van der Waals surface area contributed by atoms with Crippen molar-refractivity contribution in [2.45, 2.75) is 64.6 Å². The smallest absolute Gasteiger partial charge is 0.0957 e. The maximum absolute atomic E-state index is 10.5. The van der Waals surface area contributed by atoms with Crippen molar-refractivity contribution in [1.82, 2.24) is 4.98 Å². The minimum Gasteiger partial charge on any atom is -0.390 e. The first-order valence-electron chi connectivity index (χ1n) is 6.82. The summed E-state index contributed by atoms with van der Waals surface area (Å²) < 4.78 is 5.89. The van der Waals surface area contributed by atoms with E-state index in [0.29, 0.717) is 13.0 Å². The van der Waals surface area contributed by atoms with Gasteiger partial charge in [0.25, 0.3) is 0 Å². The topological polar surface area (TPSA) is 42.4 Å². The summed E-state index contributed by atoms with van der Waals surface area (Å²) in [6, 6.07) is 0. The van der Waals surface area contributed by atoms with E-state index in [4.69, 9.17) is 4.74 Å². The second-order valence-corrected chi connectivity index (χ2v) is 6.46. The fourth-order valence-corrected chi connectivity index (χ4v) is 3.78. The van der Waals surface area contributed by atoms with Gasteiger partial charge in [-0.15, -0.1) is 11.3 Å². The number of rotatable bonds is 5. The molecular formula is C14H23NO2S. The Bertz CT molecular complexity index is 377. The van der Waals surface area contributed by atoms with Gasteiger partial charge in [0.15, 0.2) is 0 Å². The Kier molecular flexibility index (Phi) is 4.41. The Labute approximate surface area is 113 Å². The summed E-state index contributed by atoms with van der Waals surface area (Å²) in [5, 5.41) is 11.6. The number of aliphatic hydroxyl groups is 1. The maximum atomic E-state index is 10.5. The molecular weight excluding hydrogens is 246 g/mol. The average molecular weight is 269 g/mol. The quantitative estimate of drug-likeness (QED) is 0.893. The molecule has 1 unspecified atom stereocenters. The minimum absolute atomic E-state index is 0.317. The highest BCUT2D eigenvalue weighted by Gasteiger charge is 2.41. The first-order chi connectivity index (χ1) is 8.57. The summed E-state index contributed by atoms with van der Waals surface area (Å²) in [6.45, 7) is 6.78. The molecule has 0 bridgehead atoms. The minimum atomic E-state index is -0.426. The normalized spacial score (nSPS) is 20.2. The first kappa shape index (κ1) is 14.0. The highest BCUT2D eigenvalue weighted by molar-refractivity contribution is 7.11. The van der Waals surface area contributed by atoms with E-state index in [1.165, 1.54) is 4.88 Å². The third kappa shape index (κ3) is 2.76. The van der Waals surface area contributed by atoms with Gasteiger partial charge in [0.05, 0.1) is 22.4 Å². The number of ether oxygens (including phenoxy) is 1. The monoisotopic (exact) mass is 269 g/mol. The number of thiazole rings is 1. The number of hydrogen-bond acceptors (Lipinski definition) is 4. The van der Waals surface area contributed by atoms with Crippen LogP contribution in [0, 0.1) is 13.8 Å². The number of aryl methyl sites for hydroxylation is 2. The van der Waals surface area contributed by atoms with E-state index in [-0.39, 0.29) is 5.60 Å². The van der Waals surface area contributed by atoms with Crippen LogP contribution in [0.3, 0.4) is 0 Å². The van der Waals surface area contributed by atoms with Gasteiger partial charge in [-0.1, -0.05) is 12.8 Å². The molecule has 1 heterocycles.